The average molecular weight is 436 g/mol. The third kappa shape index (κ3) is 3.33. The summed E-state index contributed by atoms with van der Waals surface area (Å²) in [6.07, 6.45) is 1.45. The molecule has 3 aromatic rings. The Balaban J connectivity index is 1.59. The van der Waals surface area contributed by atoms with Gasteiger partial charge in [0.05, 0.1) is 21.7 Å². The van der Waals surface area contributed by atoms with E-state index in [0.29, 0.717) is 27.6 Å². The van der Waals surface area contributed by atoms with Gasteiger partial charge in [0.2, 0.25) is 10.0 Å². The number of hydrogen-bond donors (Lipinski definition) is 2. The van der Waals surface area contributed by atoms with E-state index in [9.17, 15) is 18.0 Å². The predicted octanol–water partition coefficient (Wildman–Crippen LogP) is 2.67. The molecule has 0 unspecified atom stereocenters. The minimum atomic E-state index is -3.77. The van der Waals surface area contributed by atoms with Gasteiger partial charge in [-0.2, -0.15) is 0 Å². The number of hydrogen-bond acceptors (Lipinski definition) is 5. The molecule has 2 aliphatic rings. The molecule has 7 nitrogen and oxygen atoms in total. The number of nitrogens with one attached hydrogen (secondary N) is 2. The third-order valence-electron chi connectivity index (χ3n) is 5.85. The Morgan fingerprint density at radius 3 is 2.03 bits per heavy atom. The Bertz CT molecular complexity index is 1280. The number of carbonyl (C=O) groups excluding carboxylic acids is 2. The van der Waals surface area contributed by atoms with Crippen LogP contribution >= 0.6 is 0 Å². The van der Waals surface area contributed by atoms with Gasteiger partial charge in [-0.1, -0.05) is 36.4 Å². The standard InChI is InChI=1S/C23H21N3O4S/c27-22-18-7-3-4-8-19(18)23(28)26(22)20-9-10-21(17-6-2-1-5-16(17)20)31(29,30)25-15-11-13-24-14-12-15/h1-10,15,24-25H,11-14H2. The van der Waals surface area contributed by atoms with Crippen molar-refractivity contribution in [1.82, 2.24) is 10.0 Å². The number of rotatable bonds is 4. The summed E-state index contributed by atoms with van der Waals surface area (Å²) in [6.45, 7) is 1.54. The molecule has 0 aromatic heterocycles. The van der Waals surface area contributed by atoms with Gasteiger partial charge in [-0.3, -0.25) is 9.59 Å². The summed E-state index contributed by atoms with van der Waals surface area (Å²) in [7, 11) is -3.77. The second-order valence-electron chi connectivity index (χ2n) is 7.77. The van der Waals surface area contributed by atoms with Gasteiger partial charge >= 0.3 is 0 Å². The molecule has 2 heterocycles. The van der Waals surface area contributed by atoms with E-state index >= 15 is 0 Å². The van der Waals surface area contributed by atoms with Crippen molar-refractivity contribution in [2.75, 3.05) is 18.0 Å². The smallest absolute Gasteiger partial charge is 0.266 e. The number of imide groups is 1. The molecule has 0 radical (unpaired) electrons. The summed E-state index contributed by atoms with van der Waals surface area (Å²) in [4.78, 5) is 27.2. The van der Waals surface area contributed by atoms with Crippen LogP contribution < -0.4 is 14.9 Å². The van der Waals surface area contributed by atoms with Crippen LogP contribution in [0, 0.1) is 0 Å². The predicted molar refractivity (Wildman–Crippen MR) is 118 cm³/mol. The van der Waals surface area contributed by atoms with Crippen molar-refractivity contribution in [3.63, 3.8) is 0 Å². The summed E-state index contributed by atoms with van der Waals surface area (Å²) in [5.41, 5.74) is 1.07. The Kier molecular flexibility index (Phi) is 4.85. The maximum Gasteiger partial charge on any atom is 0.266 e. The van der Waals surface area contributed by atoms with E-state index in [-0.39, 0.29) is 10.9 Å². The number of piperidine rings is 1. The van der Waals surface area contributed by atoms with E-state index in [1.165, 1.54) is 6.07 Å². The largest absolute Gasteiger partial charge is 0.317 e. The lowest BCUT2D eigenvalue weighted by Crippen LogP contribution is -2.42. The number of fused-ring (bicyclic) bond motifs is 2. The number of benzene rings is 3. The first-order valence-electron chi connectivity index (χ1n) is 10.2. The number of anilines is 1. The highest BCUT2D eigenvalue weighted by molar-refractivity contribution is 7.89. The van der Waals surface area contributed by atoms with Crippen molar-refractivity contribution in [3.05, 3.63) is 71.8 Å². The molecule has 1 fully saturated rings. The highest BCUT2D eigenvalue weighted by Crippen LogP contribution is 2.36. The van der Waals surface area contributed by atoms with Crippen LogP contribution in [0.25, 0.3) is 10.8 Å². The molecule has 0 bridgehead atoms. The van der Waals surface area contributed by atoms with Crippen LogP contribution in [0.1, 0.15) is 33.6 Å². The van der Waals surface area contributed by atoms with Crippen molar-refractivity contribution < 1.29 is 18.0 Å². The van der Waals surface area contributed by atoms with E-state index in [1.807, 2.05) is 0 Å². The highest BCUT2D eigenvalue weighted by atomic mass is 32.2. The van der Waals surface area contributed by atoms with Gasteiger partial charge < -0.3 is 5.32 Å². The van der Waals surface area contributed by atoms with Gasteiger partial charge in [0.15, 0.2) is 0 Å². The zero-order valence-electron chi connectivity index (χ0n) is 16.7. The fraction of sp³-hybridized carbons (Fsp3) is 0.217. The fourth-order valence-electron chi connectivity index (χ4n) is 4.32. The van der Waals surface area contributed by atoms with Crippen molar-refractivity contribution in [2.24, 2.45) is 0 Å². The van der Waals surface area contributed by atoms with Crippen LogP contribution in [0.4, 0.5) is 5.69 Å². The monoisotopic (exact) mass is 435 g/mol. The molecule has 0 spiro atoms. The topological polar surface area (TPSA) is 95.6 Å². The first-order valence-corrected chi connectivity index (χ1v) is 11.7. The Morgan fingerprint density at radius 2 is 1.39 bits per heavy atom. The number of carbonyl (C=O) groups is 2. The SMILES string of the molecule is O=C1c2ccccc2C(=O)N1c1ccc(S(=O)(=O)NC2CCNCC2)c2ccccc12. The van der Waals surface area contributed by atoms with Crippen molar-refractivity contribution in [1.29, 1.82) is 0 Å². The van der Waals surface area contributed by atoms with Crippen molar-refractivity contribution >= 4 is 38.3 Å². The second kappa shape index (κ2) is 7.56. The molecule has 8 heteroatoms. The molecule has 2 aliphatic heterocycles. The van der Waals surface area contributed by atoms with Crippen LogP contribution in [0.15, 0.2) is 65.6 Å². The quantitative estimate of drug-likeness (QED) is 0.615. The molecule has 0 saturated carbocycles. The van der Waals surface area contributed by atoms with Crippen LogP contribution in [0.2, 0.25) is 0 Å². The minimum Gasteiger partial charge on any atom is -0.317 e. The number of amides is 2. The van der Waals surface area contributed by atoms with Gasteiger partial charge in [-0.25, -0.2) is 18.0 Å². The van der Waals surface area contributed by atoms with E-state index in [4.69, 9.17) is 0 Å². The van der Waals surface area contributed by atoms with Gasteiger partial charge in [0.25, 0.3) is 11.8 Å². The zero-order valence-corrected chi connectivity index (χ0v) is 17.5. The number of sulfonamides is 1. The third-order valence-corrected chi connectivity index (χ3v) is 7.43. The summed E-state index contributed by atoms with van der Waals surface area (Å²) < 4.78 is 29.2. The molecule has 5 rings (SSSR count). The van der Waals surface area contributed by atoms with Crippen LogP contribution in [-0.4, -0.2) is 39.4 Å². The van der Waals surface area contributed by atoms with Gasteiger partial charge in [0.1, 0.15) is 0 Å². The first kappa shape index (κ1) is 19.9. The van der Waals surface area contributed by atoms with Crippen LogP contribution in [0.5, 0.6) is 0 Å². The normalized spacial score (nSPS) is 17.4. The molecule has 0 atom stereocenters. The average Bonchev–Trinajstić information content (AvgIpc) is 3.04. The molecular formula is C23H21N3O4S. The Morgan fingerprint density at radius 1 is 0.806 bits per heavy atom. The zero-order chi connectivity index (χ0) is 21.6. The van der Waals surface area contributed by atoms with Gasteiger partial charge in [0, 0.05) is 16.8 Å². The highest BCUT2D eigenvalue weighted by Gasteiger charge is 2.37. The lowest BCUT2D eigenvalue weighted by Gasteiger charge is -2.24. The molecule has 3 aromatic carbocycles. The summed E-state index contributed by atoms with van der Waals surface area (Å²) >= 11 is 0. The molecule has 0 aliphatic carbocycles. The molecule has 2 N–H and O–H groups in total. The molecular weight excluding hydrogens is 414 g/mol. The van der Waals surface area contributed by atoms with Crippen LogP contribution in [0.3, 0.4) is 0 Å². The van der Waals surface area contributed by atoms with Gasteiger partial charge in [-0.05, 0) is 50.2 Å². The molecule has 31 heavy (non-hydrogen) atoms. The summed E-state index contributed by atoms with van der Waals surface area (Å²) in [5, 5.41) is 4.22. The van der Waals surface area contributed by atoms with Crippen molar-refractivity contribution in [3.8, 4) is 0 Å². The second-order valence-corrected chi connectivity index (χ2v) is 9.45. The Labute approximate surface area is 180 Å². The van der Waals surface area contributed by atoms with E-state index in [2.05, 4.69) is 10.0 Å². The summed E-state index contributed by atoms with van der Waals surface area (Å²) in [6, 6.07) is 16.5. The van der Waals surface area contributed by atoms with E-state index in [0.717, 1.165) is 30.8 Å². The van der Waals surface area contributed by atoms with Crippen LogP contribution in [-0.2, 0) is 10.0 Å². The molecule has 1 saturated heterocycles. The number of nitrogens with zero attached hydrogens (tertiary/aromatic N) is 1. The molecule has 2 amide bonds. The maximum absolute atomic E-state index is 13.2. The van der Waals surface area contributed by atoms with Gasteiger partial charge in [-0.15, -0.1) is 0 Å². The Hall–Kier alpha value is -3.07. The minimum absolute atomic E-state index is 0.124. The fourth-order valence-corrected chi connectivity index (χ4v) is 5.83. The lowest BCUT2D eigenvalue weighted by atomic mass is 10.1. The van der Waals surface area contributed by atoms with E-state index < -0.39 is 21.8 Å². The summed E-state index contributed by atoms with van der Waals surface area (Å²) in [5.74, 6) is -0.816. The lowest BCUT2D eigenvalue weighted by molar-refractivity contribution is 0.0926. The molecule has 158 valence electrons. The van der Waals surface area contributed by atoms with E-state index in [1.54, 1.807) is 54.6 Å². The maximum atomic E-state index is 13.2. The first-order chi connectivity index (χ1) is 15.0. The van der Waals surface area contributed by atoms with Crippen molar-refractivity contribution in [2.45, 2.75) is 23.8 Å².